The lowest BCUT2D eigenvalue weighted by atomic mass is 10.2. The van der Waals surface area contributed by atoms with Crippen LogP contribution in [0.2, 0.25) is 0 Å². The summed E-state index contributed by atoms with van der Waals surface area (Å²) in [5.41, 5.74) is 0.260. The SMILES string of the molecule is Cc1noc(CCNC(=O)Nc2ccccc2C(=O)O)n1. The van der Waals surface area contributed by atoms with Crippen LogP contribution in [0, 0.1) is 6.92 Å². The smallest absolute Gasteiger partial charge is 0.337 e. The number of benzene rings is 1. The lowest BCUT2D eigenvalue weighted by Crippen LogP contribution is -2.31. The molecule has 0 spiro atoms. The van der Waals surface area contributed by atoms with Crippen molar-refractivity contribution < 1.29 is 19.2 Å². The van der Waals surface area contributed by atoms with E-state index in [1.165, 1.54) is 12.1 Å². The summed E-state index contributed by atoms with van der Waals surface area (Å²) in [6.07, 6.45) is 0.398. The quantitative estimate of drug-likeness (QED) is 0.767. The fraction of sp³-hybridized carbons (Fsp3) is 0.231. The molecule has 0 saturated heterocycles. The highest BCUT2D eigenvalue weighted by atomic mass is 16.5. The van der Waals surface area contributed by atoms with Gasteiger partial charge in [0.05, 0.1) is 11.3 Å². The summed E-state index contributed by atoms with van der Waals surface area (Å²) in [6.45, 7) is 2.00. The lowest BCUT2D eigenvalue weighted by Gasteiger charge is -2.08. The standard InChI is InChI=1S/C13H14N4O4/c1-8-15-11(21-17-8)6-7-14-13(20)16-10-5-3-2-4-9(10)12(18)19/h2-5H,6-7H2,1H3,(H,18,19)(H2,14,16,20). The molecule has 2 amide bonds. The van der Waals surface area contributed by atoms with E-state index in [4.69, 9.17) is 9.63 Å². The fourth-order valence-corrected chi connectivity index (χ4v) is 1.67. The van der Waals surface area contributed by atoms with Gasteiger partial charge < -0.3 is 20.3 Å². The number of aromatic carboxylic acids is 1. The normalized spacial score (nSPS) is 10.1. The van der Waals surface area contributed by atoms with Gasteiger partial charge in [0.1, 0.15) is 0 Å². The molecule has 0 bridgehead atoms. The Morgan fingerprint density at radius 2 is 2.10 bits per heavy atom. The molecule has 0 aliphatic heterocycles. The summed E-state index contributed by atoms with van der Waals surface area (Å²) in [4.78, 5) is 26.7. The number of carbonyl (C=O) groups excluding carboxylic acids is 1. The van der Waals surface area contributed by atoms with Gasteiger partial charge in [0.15, 0.2) is 5.82 Å². The zero-order valence-corrected chi connectivity index (χ0v) is 11.3. The van der Waals surface area contributed by atoms with Crippen molar-refractivity contribution in [1.29, 1.82) is 0 Å². The summed E-state index contributed by atoms with van der Waals surface area (Å²) < 4.78 is 4.90. The minimum atomic E-state index is -1.10. The number of amides is 2. The summed E-state index contributed by atoms with van der Waals surface area (Å²) in [5.74, 6) is -0.143. The van der Waals surface area contributed by atoms with E-state index >= 15 is 0 Å². The van der Waals surface area contributed by atoms with Crippen molar-refractivity contribution in [2.75, 3.05) is 11.9 Å². The van der Waals surface area contributed by atoms with Crippen LogP contribution < -0.4 is 10.6 Å². The van der Waals surface area contributed by atoms with E-state index in [1.807, 2.05) is 0 Å². The Hall–Kier alpha value is -2.90. The van der Waals surface area contributed by atoms with E-state index in [1.54, 1.807) is 19.1 Å². The van der Waals surface area contributed by atoms with Gasteiger partial charge in [-0.2, -0.15) is 4.98 Å². The van der Waals surface area contributed by atoms with Crippen molar-refractivity contribution in [3.05, 3.63) is 41.5 Å². The number of nitrogens with zero attached hydrogens (tertiary/aromatic N) is 2. The molecule has 21 heavy (non-hydrogen) atoms. The maximum Gasteiger partial charge on any atom is 0.337 e. The van der Waals surface area contributed by atoms with Crippen molar-refractivity contribution in [3.63, 3.8) is 0 Å². The number of hydrogen-bond acceptors (Lipinski definition) is 5. The Labute approximate surface area is 120 Å². The number of carbonyl (C=O) groups is 2. The van der Waals surface area contributed by atoms with Crippen molar-refractivity contribution in [3.8, 4) is 0 Å². The number of urea groups is 1. The third-order valence-corrected chi connectivity index (χ3v) is 2.60. The minimum absolute atomic E-state index is 0.0279. The minimum Gasteiger partial charge on any atom is -0.478 e. The molecule has 0 unspecified atom stereocenters. The number of aromatic nitrogens is 2. The number of para-hydroxylation sites is 1. The molecule has 0 aliphatic rings. The van der Waals surface area contributed by atoms with Gasteiger partial charge in [0.2, 0.25) is 5.89 Å². The van der Waals surface area contributed by atoms with Crippen LogP contribution in [0.3, 0.4) is 0 Å². The molecule has 0 radical (unpaired) electrons. The first-order valence-electron chi connectivity index (χ1n) is 6.22. The van der Waals surface area contributed by atoms with Crippen LogP contribution in [-0.4, -0.2) is 33.8 Å². The van der Waals surface area contributed by atoms with E-state index in [0.29, 0.717) is 24.7 Å². The highest BCUT2D eigenvalue weighted by molar-refractivity contribution is 5.99. The van der Waals surface area contributed by atoms with Crippen LogP contribution in [-0.2, 0) is 6.42 Å². The Morgan fingerprint density at radius 1 is 1.33 bits per heavy atom. The van der Waals surface area contributed by atoms with Gasteiger partial charge in [-0.3, -0.25) is 0 Å². The summed E-state index contributed by atoms with van der Waals surface area (Å²) >= 11 is 0. The fourth-order valence-electron chi connectivity index (χ4n) is 1.67. The molecule has 8 heteroatoms. The molecule has 2 aromatic rings. The van der Waals surface area contributed by atoms with Gasteiger partial charge in [-0.05, 0) is 19.1 Å². The Bertz CT molecular complexity index is 653. The molecule has 0 fully saturated rings. The monoisotopic (exact) mass is 290 g/mol. The molecule has 0 aliphatic carbocycles. The summed E-state index contributed by atoms with van der Waals surface area (Å²) in [6, 6.07) is 5.66. The number of aryl methyl sites for hydroxylation is 1. The van der Waals surface area contributed by atoms with Gasteiger partial charge in [0.25, 0.3) is 0 Å². The summed E-state index contributed by atoms with van der Waals surface area (Å²) in [5, 5.41) is 17.7. The van der Waals surface area contributed by atoms with Crippen LogP contribution in [0.1, 0.15) is 22.1 Å². The van der Waals surface area contributed by atoms with Crippen LogP contribution in [0.5, 0.6) is 0 Å². The Morgan fingerprint density at radius 3 is 2.76 bits per heavy atom. The topological polar surface area (TPSA) is 117 Å². The molecular formula is C13H14N4O4. The lowest BCUT2D eigenvalue weighted by molar-refractivity contribution is 0.0698. The van der Waals surface area contributed by atoms with E-state index in [-0.39, 0.29) is 11.3 Å². The van der Waals surface area contributed by atoms with Crippen LogP contribution in [0.15, 0.2) is 28.8 Å². The molecule has 1 heterocycles. The molecule has 1 aromatic carbocycles. The molecule has 110 valence electrons. The zero-order chi connectivity index (χ0) is 15.2. The predicted octanol–water partition coefficient (Wildman–Crippen LogP) is 1.44. The number of hydrogen-bond donors (Lipinski definition) is 3. The Balaban J connectivity index is 1.86. The van der Waals surface area contributed by atoms with Crippen molar-refractivity contribution in [1.82, 2.24) is 15.5 Å². The second-order valence-corrected chi connectivity index (χ2v) is 4.22. The second-order valence-electron chi connectivity index (χ2n) is 4.22. The maximum absolute atomic E-state index is 11.7. The number of rotatable bonds is 5. The molecule has 0 atom stereocenters. The van der Waals surface area contributed by atoms with E-state index in [0.717, 1.165) is 0 Å². The largest absolute Gasteiger partial charge is 0.478 e. The van der Waals surface area contributed by atoms with Crippen molar-refractivity contribution in [2.45, 2.75) is 13.3 Å². The zero-order valence-electron chi connectivity index (χ0n) is 11.3. The third-order valence-electron chi connectivity index (χ3n) is 2.60. The predicted molar refractivity (Wildman–Crippen MR) is 73.2 cm³/mol. The number of carboxylic acid groups (broad SMARTS) is 1. The first kappa shape index (κ1) is 14.5. The highest BCUT2D eigenvalue weighted by Crippen LogP contribution is 2.14. The molecule has 2 rings (SSSR count). The number of carboxylic acids is 1. The molecule has 0 saturated carbocycles. The molecule has 8 nitrogen and oxygen atoms in total. The van der Waals surface area contributed by atoms with Gasteiger partial charge in [0, 0.05) is 13.0 Å². The Kier molecular flexibility index (Phi) is 4.50. The number of nitrogens with one attached hydrogen (secondary N) is 2. The third kappa shape index (κ3) is 4.03. The van der Waals surface area contributed by atoms with Crippen LogP contribution in [0.25, 0.3) is 0 Å². The first-order chi connectivity index (χ1) is 10.1. The van der Waals surface area contributed by atoms with E-state index in [2.05, 4.69) is 20.8 Å². The van der Waals surface area contributed by atoms with Crippen LogP contribution >= 0.6 is 0 Å². The van der Waals surface area contributed by atoms with Gasteiger partial charge in [-0.1, -0.05) is 17.3 Å². The van der Waals surface area contributed by atoms with Gasteiger partial charge in [-0.25, -0.2) is 9.59 Å². The molecule has 3 N–H and O–H groups in total. The number of anilines is 1. The maximum atomic E-state index is 11.7. The van der Waals surface area contributed by atoms with Gasteiger partial charge in [-0.15, -0.1) is 0 Å². The second kappa shape index (κ2) is 6.51. The molecule has 1 aromatic heterocycles. The van der Waals surface area contributed by atoms with E-state index in [9.17, 15) is 9.59 Å². The highest BCUT2D eigenvalue weighted by Gasteiger charge is 2.11. The van der Waals surface area contributed by atoms with Crippen molar-refractivity contribution >= 4 is 17.7 Å². The first-order valence-corrected chi connectivity index (χ1v) is 6.22. The average Bonchev–Trinajstić information content (AvgIpc) is 2.85. The summed E-state index contributed by atoms with van der Waals surface area (Å²) in [7, 11) is 0. The average molecular weight is 290 g/mol. The van der Waals surface area contributed by atoms with Gasteiger partial charge >= 0.3 is 12.0 Å². The van der Waals surface area contributed by atoms with Crippen molar-refractivity contribution in [2.24, 2.45) is 0 Å². The molecular weight excluding hydrogens is 276 g/mol. The van der Waals surface area contributed by atoms with E-state index < -0.39 is 12.0 Å². The van der Waals surface area contributed by atoms with Crippen LogP contribution in [0.4, 0.5) is 10.5 Å².